The van der Waals surface area contributed by atoms with E-state index >= 15 is 0 Å². The van der Waals surface area contributed by atoms with E-state index in [4.69, 9.17) is 5.73 Å². The van der Waals surface area contributed by atoms with E-state index in [2.05, 4.69) is 5.32 Å². The smallest absolute Gasteiger partial charge is 0.240 e. The van der Waals surface area contributed by atoms with Crippen molar-refractivity contribution in [2.75, 3.05) is 0 Å². The van der Waals surface area contributed by atoms with Crippen LogP contribution in [0.3, 0.4) is 0 Å². The molecule has 4 heteroatoms. The van der Waals surface area contributed by atoms with E-state index in [1.807, 2.05) is 109 Å². The molecule has 0 heterocycles. The lowest BCUT2D eigenvalue weighted by atomic mass is 9.84. The summed E-state index contributed by atoms with van der Waals surface area (Å²) in [5, 5.41) is 3.02. The van der Waals surface area contributed by atoms with Crippen molar-refractivity contribution in [3.63, 3.8) is 0 Å². The van der Waals surface area contributed by atoms with Gasteiger partial charge >= 0.3 is 0 Å². The quantitative estimate of drug-likeness (QED) is 0.467. The van der Waals surface area contributed by atoms with E-state index in [1.165, 1.54) is 0 Å². The molecule has 0 aliphatic heterocycles. The van der Waals surface area contributed by atoms with Gasteiger partial charge in [0.25, 0.3) is 0 Å². The van der Waals surface area contributed by atoms with Crippen molar-refractivity contribution in [3.05, 3.63) is 131 Å². The van der Waals surface area contributed by atoms with Crippen LogP contribution in [-0.2, 0) is 9.59 Å². The van der Waals surface area contributed by atoms with Gasteiger partial charge < -0.3 is 11.1 Å². The number of carbonyl (C=O) groups excluding carboxylic acids is 2. The molecule has 4 aromatic rings. The Kier molecular flexibility index (Phi) is 5.49. The van der Waals surface area contributed by atoms with Gasteiger partial charge in [-0.05, 0) is 33.4 Å². The van der Waals surface area contributed by atoms with Crippen LogP contribution in [0.15, 0.2) is 109 Å². The fraction of sp³-hybridized carbons (Fsp3) is 0.103. The first kappa shape index (κ1) is 20.7. The summed E-state index contributed by atoms with van der Waals surface area (Å²) in [5.74, 6) is -1.69. The molecule has 4 aromatic carbocycles. The predicted molar refractivity (Wildman–Crippen MR) is 130 cm³/mol. The minimum Gasteiger partial charge on any atom is -0.368 e. The van der Waals surface area contributed by atoms with Crippen LogP contribution in [0.4, 0.5) is 0 Å². The van der Waals surface area contributed by atoms with Gasteiger partial charge in [-0.1, -0.05) is 109 Å². The number of amides is 2. The molecule has 3 N–H and O–H groups in total. The third-order valence-electron chi connectivity index (χ3n) is 6.35. The molecule has 1 aliphatic carbocycles. The van der Waals surface area contributed by atoms with Crippen LogP contribution in [0.5, 0.6) is 0 Å². The normalized spacial score (nSPS) is 13.2. The Morgan fingerprint density at radius 3 is 1.52 bits per heavy atom. The van der Waals surface area contributed by atoms with Gasteiger partial charge in [0.1, 0.15) is 6.04 Å². The van der Waals surface area contributed by atoms with Crippen LogP contribution < -0.4 is 11.1 Å². The highest BCUT2D eigenvalue weighted by Gasteiger charge is 2.37. The molecule has 0 saturated heterocycles. The van der Waals surface area contributed by atoms with Gasteiger partial charge in [-0.25, -0.2) is 0 Å². The zero-order valence-corrected chi connectivity index (χ0v) is 18.0. The summed E-state index contributed by atoms with van der Waals surface area (Å²) in [7, 11) is 0. The Morgan fingerprint density at radius 1 is 0.636 bits per heavy atom. The molecule has 2 amide bonds. The third kappa shape index (κ3) is 3.80. The lowest BCUT2D eigenvalue weighted by Gasteiger charge is -2.28. The van der Waals surface area contributed by atoms with Gasteiger partial charge in [0, 0.05) is 5.92 Å². The van der Waals surface area contributed by atoms with Crippen LogP contribution >= 0.6 is 0 Å². The molecule has 0 aromatic heterocycles. The largest absolute Gasteiger partial charge is 0.368 e. The molecule has 0 bridgehead atoms. The van der Waals surface area contributed by atoms with Crippen LogP contribution in [0, 0.1) is 0 Å². The first-order chi connectivity index (χ1) is 16.1. The van der Waals surface area contributed by atoms with E-state index in [-0.39, 0.29) is 5.91 Å². The van der Waals surface area contributed by atoms with Gasteiger partial charge in [0.05, 0.1) is 5.92 Å². The monoisotopic (exact) mass is 432 g/mol. The number of primary amides is 1. The van der Waals surface area contributed by atoms with Crippen molar-refractivity contribution < 1.29 is 9.59 Å². The first-order valence-corrected chi connectivity index (χ1v) is 11.0. The van der Waals surface area contributed by atoms with E-state index in [9.17, 15) is 9.59 Å². The summed E-state index contributed by atoms with van der Waals surface area (Å²) in [6.45, 7) is 0. The average molecular weight is 433 g/mol. The number of nitrogens with one attached hydrogen (secondary N) is 1. The molecule has 33 heavy (non-hydrogen) atoms. The Bertz CT molecular complexity index is 1220. The molecule has 5 rings (SSSR count). The molecule has 0 saturated carbocycles. The standard InChI is InChI=1S/C29H24N2O2/c30-28(32)27(25(19-11-3-1-4-12-19)20-13-5-2-6-14-20)31-29(33)26-23-17-9-7-15-21(23)22-16-8-10-18-24(22)26/h1-18,25-27H,(H2,30,32)(H,31,33)/t27-/m1/s1. The van der Waals surface area contributed by atoms with Gasteiger partial charge in [0.15, 0.2) is 0 Å². The van der Waals surface area contributed by atoms with Crippen LogP contribution in [0.2, 0.25) is 0 Å². The number of nitrogens with two attached hydrogens (primary N) is 1. The summed E-state index contributed by atoms with van der Waals surface area (Å²) in [5.41, 5.74) is 11.7. The second-order valence-electron chi connectivity index (χ2n) is 8.30. The molecular weight excluding hydrogens is 408 g/mol. The molecule has 4 nitrogen and oxygen atoms in total. The van der Waals surface area contributed by atoms with Gasteiger partial charge in [-0.15, -0.1) is 0 Å². The Morgan fingerprint density at radius 2 is 1.06 bits per heavy atom. The lowest BCUT2D eigenvalue weighted by Crippen LogP contribution is -2.49. The Balaban J connectivity index is 1.55. The van der Waals surface area contributed by atoms with E-state index in [0.717, 1.165) is 33.4 Å². The number of hydrogen-bond acceptors (Lipinski definition) is 2. The molecule has 162 valence electrons. The van der Waals surface area contributed by atoms with E-state index in [1.54, 1.807) is 0 Å². The second kappa shape index (κ2) is 8.75. The third-order valence-corrected chi connectivity index (χ3v) is 6.35. The number of benzene rings is 4. The van der Waals surface area contributed by atoms with Gasteiger partial charge in [-0.2, -0.15) is 0 Å². The minimum absolute atomic E-state index is 0.229. The summed E-state index contributed by atoms with van der Waals surface area (Å²) in [4.78, 5) is 26.5. The number of hydrogen-bond donors (Lipinski definition) is 2. The Hall–Kier alpha value is -4.18. The topological polar surface area (TPSA) is 72.2 Å². The SMILES string of the molecule is NC(=O)[C@H](NC(=O)C1c2ccccc2-c2ccccc21)C(c1ccccc1)c1ccccc1. The first-order valence-electron chi connectivity index (χ1n) is 11.0. The molecule has 0 unspecified atom stereocenters. The van der Waals surface area contributed by atoms with Crippen LogP contribution in [-0.4, -0.2) is 17.9 Å². The van der Waals surface area contributed by atoms with E-state index in [0.29, 0.717) is 0 Å². The van der Waals surface area contributed by atoms with Crippen LogP contribution in [0.25, 0.3) is 11.1 Å². The summed E-state index contributed by atoms with van der Waals surface area (Å²) in [6, 6.07) is 34.3. The minimum atomic E-state index is -0.901. The molecule has 0 fully saturated rings. The Labute approximate surface area is 193 Å². The summed E-state index contributed by atoms with van der Waals surface area (Å²) >= 11 is 0. The zero-order chi connectivity index (χ0) is 22.8. The van der Waals surface area contributed by atoms with Crippen molar-refractivity contribution >= 4 is 11.8 Å². The van der Waals surface area contributed by atoms with Crippen molar-refractivity contribution in [1.29, 1.82) is 0 Å². The maximum atomic E-state index is 13.7. The van der Waals surface area contributed by atoms with Crippen molar-refractivity contribution in [3.8, 4) is 11.1 Å². The molecule has 0 spiro atoms. The van der Waals surface area contributed by atoms with Gasteiger partial charge in [0.2, 0.25) is 11.8 Å². The lowest BCUT2D eigenvalue weighted by molar-refractivity contribution is -0.128. The highest BCUT2D eigenvalue weighted by atomic mass is 16.2. The molecule has 1 atom stereocenters. The molecule has 1 aliphatic rings. The zero-order valence-electron chi connectivity index (χ0n) is 18.0. The average Bonchev–Trinajstić information content (AvgIpc) is 3.19. The van der Waals surface area contributed by atoms with E-state index < -0.39 is 23.8 Å². The number of rotatable bonds is 6. The summed E-state index contributed by atoms with van der Waals surface area (Å²) in [6.07, 6.45) is 0. The predicted octanol–water partition coefficient (Wildman–Crippen LogP) is 4.60. The highest BCUT2D eigenvalue weighted by molar-refractivity contribution is 5.98. The maximum Gasteiger partial charge on any atom is 0.240 e. The highest BCUT2D eigenvalue weighted by Crippen LogP contribution is 2.44. The molecular formula is C29H24N2O2. The number of carbonyl (C=O) groups is 2. The second-order valence-corrected chi connectivity index (χ2v) is 8.30. The van der Waals surface area contributed by atoms with Crippen molar-refractivity contribution in [2.45, 2.75) is 17.9 Å². The van der Waals surface area contributed by atoms with Gasteiger partial charge in [-0.3, -0.25) is 9.59 Å². The van der Waals surface area contributed by atoms with Crippen LogP contribution in [0.1, 0.15) is 34.1 Å². The van der Waals surface area contributed by atoms with Crippen molar-refractivity contribution in [1.82, 2.24) is 5.32 Å². The number of fused-ring (bicyclic) bond motifs is 3. The molecule has 0 radical (unpaired) electrons. The maximum absolute atomic E-state index is 13.7. The fourth-order valence-electron chi connectivity index (χ4n) is 4.89. The fourth-order valence-corrected chi connectivity index (χ4v) is 4.89. The summed E-state index contributed by atoms with van der Waals surface area (Å²) < 4.78 is 0. The van der Waals surface area contributed by atoms with Crippen molar-refractivity contribution in [2.24, 2.45) is 5.73 Å².